The number of aromatic nitrogens is 2. The van der Waals surface area contributed by atoms with Crippen LogP contribution in [0.1, 0.15) is 36.9 Å². The molecular formula is C15H19N3O3S. The van der Waals surface area contributed by atoms with Gasteiger partial charge in [0.1, 0.15) is 6.61 Å². The van der Waals surface area contributed by atoms with Crippen molar-refractivity contribution < 1.29 is 14.4 Å². The van der Waals surface area contributed by atoms with Crippen LogP contribution in [0.5, 0.6) is 0 Å². The van der Waals surface area contributed by atoms with E-state index in [2.05, 4.69) is 29.3 Å². The van der Waals surface area contributed by atoms with Gasteiger partial charge in [-0.05, 0) is 23.3 Å². The monoisotopic (exact) mass is 321 g/mol. The molecule has 2 N–H and O–H groups in total. The molecule has 0 unspecified atom stereocenters. The first kappa shape index (κ1) is 15.2. The van der Waals surface area contributed by atoms with Crippen molar-refractivity contribution in [2.45, 2.75) is 38.7 Å². The quantitative estimate of drug-likeness (QED) is 0.844. The second kappa shape index (κ2) is 5.48. The van der Waals surface area contributed by atoms with Gasteiger partial charge in [0.25, 0.3) is 5.89 Å². The summed E-state index contributed by atoms with van der Waals surface area (Å²) in [4.78, 5) is 17.8. The summed E-state index contributed by atoms with van der Waals surface area (Å²) >= 11 is 1.63. The maximum Gasteiger partial charge on any atom is 0.252 e. The number of hydrogen-bond acceptors (Lipinski definition) is 6. The first-order chi connectivity index (χ1) is 10.5. The third-order valence-corrected chi connectivity index (χ3v) is 5.38. The lowest BCUT2D eigenvalue weighted by molar-refractivity contribution is -0.124. The number of nitrogens with one attached hydrogen (secondary N) is 1. The first-order valence-electron chi connectivity index (χ1n) is 7.24. The zero-order valence-corrected chi connectivity index (χ0v) is 13.4. The number of nitrogens with zero attached hydrogens (tertiary/aromatic N) is 2. The average Bonchev–Trinajstić information content (AvgIpc) is 2.95. The summed E-state index contributed by atoms with van der Waals surface area (Å²) < 4.78 is 4.82. The Morgan fingerprint density at radius 1 is 1.55 bits per heavy atom. The highest BCUT2D eigenvalue weighted by atomic mass is 32.1. The molecule has 1 aliphatic carbocycles. The predicted octanol–water partition coefficient (Wildman–Crippen LogP) is 1.65. The molecule has 0 aromatic carbocycles. The van der Waals surface area contributed by atoms with Gasteiger partial charge in [-0.1, -0.05) is 25.1 Å². The summed E-state index contributed by atoms with van der Waals surface area (Å²) in [7, 11) is 0. The van der Waals surface area contributed by atoms with Gasteiger partial charge in [-0.2, -0.15) is 4.98 Å². The van der Waals surface area contributed by atoms with Crippen LogP contribution in [0.3, 0.4) is 0 Å². The number of aliphatic hydroxyl groups excluding tert-OH is 1. The van der Waals surface area contributed by atoms with Crippen LogP contribution < -0.4 is 5.32 Å². The number of carbonyl (C=O) groups is 1. The fourth-order valence-corrected chi connectivity index (χ4v) is 4.06. The van der Waals surface area contributed by atoms with E-state index in [4.69, 9.17) is 9.63 Å². The van der Waals surface area contributed by atoms with E-state index in [1.165, 1.54) is 0 Å². The number of thiophene rings is 1. The largest absolute Gasteiger partial charge is 0.387 e. The minimum Gasteiger partial charge on any atom is -0.387 e. The Kier molecular flexibility index (Phi) is 3.78. The smallest absolute Gasteiger partial charge is 0.252 e. The summed E-state index contributed by atoms with van der Waals surface area (Å²) in [6.45, 7) is 4.43. The number of carbonyl (C=O) groups excluding carboxylic acids is 1. The molecule has 1 atom stereocenters. The van der Waals surface area contributed by atoms with Gasteiger partial charge in [0.2, 0.25) is 5.91 Å². The molecule has 22 heavy (non-hydrogen) atoms. The normalized spacial score (nSPS) is 22.5. The zero-order chi connectivity index (χ0) is 15.8. The molecule has 7 heteroatoms. The maximum absolute atomic E-state index is 12.7. The molecule has 2 aromatic heterocycles. The van der Waals surface area contributed by atoms with E-state index in [1.54, 1.807) is 11.3 Å². The van der Waals surface area contributed by atoms with Crippen LogP contribution in [-0.2, 0) is 23.2 Å². The minimum absolute atomic E-state index is 0.0157. The van der Waals surface area contributed by atoms with Crippen molar-refractivity contribution in [2.24, 2.45) is 5.41 Å². The predicted molar refractivity (Wildman–Crippen MR) is 81.3 cm³/mol. The van der Waals surface area contributed by atoms with Crippen LogP contribution in [0.2, 0.25) is 0 Å². The van der Waals surface area contributed by atoms with Gasteiger partial charge in [0.15, 0.2) is 5.82 Å². The summed E-state index contributed by atoms with van der Waals surface area (Å²) in [5, 5.41) is 17.6. The lowest BCUT2D eigenvalue weighted by Crippen LogP contribution is -2.38. The Morgan fingerprint density at radius 2 is 2.32 bits per heavy atom. The Balaban J connectivity index is 1.62. The average molecular weight is 321 g/mol. The van der Waals surface area contributed by atoms with Crippen molar-refractivity contribution in [3.05, 3.63) is 34.1 Å². The van der Waals surface area contributed by atoms with E-state index < -0.39 is 5.41 Å². The third kappa shape index (κ3) is 2.44. The molecule has 0 spiro atoms. The maximum atomic E-state index is 12.7. The minimum atomic E-state index is -0.408. The molecule has 1 fully saturated rings. The van der Waals surface area contributed by atoms with Crippen LogP contribution in [0, 0.1) is 5.41 Å². The summed E-state index contributed by atoms with van der Waals surface area (Å²) in [5.41, 5.74) is -0.424. The second-order valence-electron chi connectivity index (χ2n) is 6.21. The Bertz CT molecular complexity index is 665. The Labute approximate surface area is 132 Å². The number of rotatable bonds is 6. The molecule has 1 saturated carbocycles. The van der Waals surface area contributed by atoms with Crippen molar-refractivity contribution in [1.82, 2.24) is 15.5 Å². The highest BCUT2D eigenvalue weighted by Crippen LogP contribution is 2.65. The molecular weight excluding hydrogens is 302 g/mol. The summed E-state index contributed by atoms with van der Waals surface area (Å²) in [5.74, 6) is 0.745. The van der Waals surface area contributed by atoms with E-state index in [0.717, 1.165) is 11.3 Å². The second-order valence-corrected chi connectivity index (χ2v) is 7.16. The third-order valence-electron chi connectivity index (χ3n) is 4.35. The fraction of sp³-hybridized carbons (Fsp3) is 0.533. The van der Waals surface area contributed by atoms with Gasteiger partial charge >= 0.3 is 0 Å². The molecule has 2 aromatic rings. The van der Waals surface area contributed by atoms with E-state index in [9.17, 15) is 4.79 Å². The van der Waals surface area contributed by atoms with Gasteiger partial charge in [-0.3, -0.25) is 4.79 Å². The van der Waals surface area contributed by atoms with Gasteiger partial charge in [-0.25, -0.2) is 0 Å². The van der Waals surface area contributed by atoms with Crippen molar-refractivity contribution in [3.63, 3.8) is 0 Å². The lowest BCUT2D eigenvalue weighted by Gasteiger charge is -2.18. The van der Waals surface area contributed by atoms with E-state index in [0.29, 0.717) is 18.8 Å². The van der Waals surface area contributed by atoms with Crippen LogP contribution in [-0.4, -0.2) is 27.7 Å². The zero-order valence-electron chi connectivity index (χ0n) is 12.6. The van der Waals surface area contributed by atoms with Crippen LogP contribution >= 0.6 is 11.3 Å². The van der Waals surface area contributed by atoms with Gasteiger partial charge in [-0.15, -0.1) is 11.3 Å². The summed E-state index contributed by atoms with van der Waals surface area (Å²) in [6.07, 6.45) is 1.35. The summed E-state index contributed by atoms with van der Waals surface area (Å²) in [6, 6.07) is 4.02. The molecule has 1 aliphatic rings. The standard InChI is InChI=1S/C15H19N3O3S/c1-14(2)9-15(14,10-4-3-7-22-10)13(20)16-6-5-11-17-12(8-19)21-18-11/h3-4,7,19H,5-6,8-9H2,1-2H3,(H,16,20)/t15-/m1/s1. The van der Waals surface area contributed by atoms with Crippen molar-refractivity contribution in [1.29, 1.82) is 0 Å². The Morgan fingerprint density at radius 3 is 2.86 bits per heavy atom. The van der Waals surface area contributed by atoms with E-state index >= 15 is 0 Å². The van der Waals surface area contributed by atoms with Gasteiger partial charge in [0.05, 0.1) is 5.41 Å². The highest BCUT2D eigenvalue weighted by molar-refractivity contribution is 7.10. The molecule has 3 rings (SSSR count). The first-order valence-corrected chi connectivity index (χ1v) is 8.12. The van der Waals surface area contributed by atoms with Crippen LogP contribution in [0.4, 0.5) is 0 Å². The van der Waals surface area contributed by atoms with Crippen LogP contribution in [0.25, 0.3) is 0 Å². The van der Waals surface area contributed by atoms with Crippen molar-refractivity contribution in [3.8, 4) is 0 Å². The highest BCUT2D eigenvalue weighted by Gasteiger charge is 2.67. The molecule has 118 valence electrons. The number of aliphatic hydroxyl groups is 1. The fourth-order valence-electron chi connectivity index (χ4n) is 2.95. The lowest BCUT2D eigenvalue weighted by atomic mass is 9.93. The molecule has 0 bridgehead atoms. The van der Waals surface area contributed by atoms with Gasteiger partial charge < -0.3 is 14.9 Å². The Hall–Kier alpha value is -1.73. The van der Waals surface area contributed by atoms with Crippen molar-refractivity contribution >= 4 is 17.2 Å². The number of amides is 1. The molecule has 6 nitrogen and oxygen atoms in total. The molecule has 1 amide bonds. The molecule has 0 aliphatic heterocycles. The van der Waals surface area contributed by atoms with E-state index in [-0.39, 0.29) is 23.8 Å². The molecule has 2 heterocycles. The van der Waals surface area contributed by atoms with E-state index in [1.807, 2.05) is 17.5 Å². The van der Waals surface area contributed by atoms with Gasteiger partial charge in [0, 0.05) is 17.8 Å². The molecule has 0 radical (unpaired) electrons. The van der Waals surface area contributed by atoms with Crippen LogP contribution in [0.15, 0.2) is 22.0 Å². The van der Waals surface area contributed by atoms with Crippen molar-refractivity contribution in [2.75, 3.05) is 6.54 Å². The number of hydrogen-bond donors (Lipinski definition) is 2. The SMILES string of the molecule is CC1(C)C[C@]1(C(=O)NCCc1noc(CO)n1)c1cccs1. The topological polar surface area (TPSA) is 88.2 Å². The molecule has 0 saturated heterocycles.